The molecular formula is C16H12ClN3O4. The van der Waals surface area contributed by atoms with E-state index in [1.807, 2.05) is 29.7 Å². The second kappa shape index (κ2) is 6.29. The number of hydrogen-bond acceptors (Lipinski definition) is 5. The van der Waals surface area contributed by atoms with Crippen molar-refractivity contribution in [2.24, 2.45) is 0 Å². The van der Waals surface area contributed by atoms with Gasteiger partial charge in [0.05, 0.1) is 21.2 Å². The molecule has 0 N–H and O–H groups in total. The summed E-state index contributed by atoms with van der Waals surface area (Å²) in [7, 11) is 0. The molecule has 1 aromatic carbocycles. The highest BCUT2D eigenvalue weighted by atomic mass is 35.5. The topological polar surface area (TPSA) is 86.7 Å². The number of halogens is 1. The number of esters is 1. The Balaban J connectivity index is 1.75. The van der Waals surface area contributed by atoms with Gasteiger partial charge in [-0.25, -0.2) is 9.78 Å². The van der Waals surface area contributed by atoms with Gasteiger partial charge in [-0.1, -0.05) is 17.7 Å². The minimum Gasteiger partial charge on any atom is -0.455 e. The summed E-state index contributed by atoms with van der Waals surface area (Å²) in [6, 6.07) is 7.44. The largest absolute Gasteiger partial charge is 0.455 e. The summed E-state index contributed by atoms with van der Waals surface area (Å²) in [5.74, 6) is -0.663. The van der Waals surface area contributed by atoms with E-state index in [1.165, 1.54) is 12.1 Å². The van der Waals surface area contributed by atoms with Gasteiger partial charge in [0.2, 0.25) is 0 Å². The number of imidazole rings is 1. The first kappa shape index (κ1) is 15.9. The highest BCUT2D eigenvalue weighted by Gasteiger charge is 2.16. The Morgan fingerprint density at radius 2 is 2.21 bits per heavy atom. The molecule has 122 valence electrons. The third-order valence-corrected chi connectivity index (χ3v) is 3.78. The average molecular weight is 346 g/mol. The minimum absolute atomic E-state index is 0.0206. The van der Waals surface area contributed by atoms with Gasteiger partial charge in [-0.15, -0.1) is 0 Å². The molecule has 0 saturated heterocycles. The van der Waals surface area contributed by atoms with Crippen LogP contribution < -0.4 is 0 Å². The van der Waals surface area contributed by atoms with Gasteiger partial charge in [0, 0.05) is 24.5 Å². The molecule has 0 radical (unpaired) electrons. The number of pyridine rings is 1. The van der Waals surface area contributed by atoms with E-state index in [0.717, 1.165) is 17.3 Å². The maximum Gasteiger partial charge on any atom is 0.340 e. The fourth-order valence-corrected chi connectivity index (χ4v) is 2.53. The summed E-state index contributed by atoms with van der Waals surface area (Å²) in [6.07, 6.45) is 3.63. The van der Waals surface area contributed by atoms with E-state index in [0.29, 0.717) is 5.69 Å². The lowest BCUT2D eigenvalue weighted by Crippen LogP contribution is -2.06. The first-order valence-corrected chi connectivity index (χ1v) is 7.38. The Morgan fingerprint density at radius 3 is 2.88 bits per heavy atom. The highest BCUT2D eigenvalue weighted by molar-refractivity contribution is 6.33. The SMILES string of the molecule is Cc1cccn2cc(COC(=O)c3ccc([N+](=O)[O-])cc3Cl)nc12. The molecule has 2 aromatic heterocycles. The zero-order chi connectivity index (χ0) is 17.3. The molecule has 0 fully saturated rings. The minimum atomic E-state index is -0.663. The number of nitro groups is 1. The first-order valence-electron chi connectivity index (χ1n) is 7.00. The summed E-state index contributed by atoms with van der Waals surface area (Å²) in [5, 5.41) is 10.7. The van der Waals surface area contributed by atoms with Gasteiger partial charge < -0.3 is 9.14 Å². The molecule has 0 atom stereocenters. The number of nitrogens with zero attached hydrogens (tertiary/aromatic N) is 3. The molecule has 3 aromatic rings. The molecule has 3 rings (SSSR count). The van der Waals surface area contributed by atoms with Crippen molar-refractivity contribution in [2.45, 2.75) is 13.5 Å². The number of benzene rings is 1. The second-order valence-corrected chi connectivity index (χ2v) is 5.56. The van der Waals surface area contributed by atoms with Crippen molar-refractivity contribution in [2.75, 3.05) is 0 Å². The predicted octanol–water partition coefficient (Wildman–Crippen LogP) is 3.56. The highest BCUT2D eigenvalue weighted by Crippen LogP contribution is 2.23. The standard InChI is InChI=1S/C16H12ClN3O4/c1-10-3-2-6-19-8-11(18-15(10)19)9-24-16(21)13-5-4-12(20(22)23)7-14(13)17/h2-8H,9H2,1H3. The second-order valence-electron chi connectivity index (χ2n) is 5.15. The lowest BCUT2D eigenvalue weighted by atomic mass is 10.2. The number of carbonyl (C=O) groups excluding carboxylic acids is 1. The smallest absolute Gasteiger partial charge is 0.340 e. The number of aromatic nitrogens is 2. The molecule has 0 bridgehead atoms. The lowest BCUT2D eigenvalue weighted by molar-refractivity contribution is -0.384. The van der Waals surface area contributed by atoms with E-state index < -0.39 is 10.9 Å². The molecular weight excluding hydrogens is 334 g/mol. The van der Waals surface area contributed by atoms with Crippen LogP contribution in [0.15, 0.2) is 42.7 Å². The van der Waals surface area contributed by atoms with Crippen LogP contribution in [-0.4, -0.2) is 20.3 Å². The van der Waals surface area contributed by atoms with Crippen LogP contribution in [0.1, 0.15) is 21.6 Å². The van der Waals surface area contributed by atoms with Crippen LogP contribution in [0.3, 0.4) is 0 Å². The monoisotopic (exact) mass is 345 g/mol. The number of aryl methyl sites for hydroxylation is 1. The van der Waals surface area contributed by atoms with Gasteiger partial charge in [0.15, 0.2) is 0 Å². The molecule has 24 heavy (non-hydrogen) atoms. The van der Waals surface area contributed by atoms with Gasteiger partial charge in [-0.2, -0.15) is 0 Å². The zero-order valence-electron chi connectivity index (χ0n) is 12.6. The molecule has 0 saturated carbocycles. The lowest BCUT2D eigenvalue weighted by Gasteiger charge is -2.04. The average Bonchev–Trinajstić information content (AvgIpc) is 2.97. The molecule has 0 aliphatic rings. The number of rotatable bonds is 4. The van der Waals surface area contributed by atoms with Crippen molar-refractivity contribution >= 4 is 28.9 Å². The molecule has 8 heteroatoms. The van der Waals surface area contributed by atoms with Gasteiger partial charge in [-0.05, 0) is 24.6 Å². The van der Waals surface area contributed by atoms with Gasteiger partial charge in [-0.3, -0.25) is 10.1 Å². The van der Waals surface area contributed by atoms with Gasteiger partial charge in [0.25, 0.3) is 5.69 Å². The predicted molar refractivity (Wildman–Crippen MR) is 87.2 cm³/mol. The molecule has 2 heterocycles. The Kier molecular flexibility index (Phi) is 4.18. The van der Waals surface area contributed by atoms with Crippen molar-refractivity contribution in [1.29, 1.82) is 0 Å². The summed E-state index contributed by atoms with van der Waals surface area (Å²) < 4.78 is 7.04. The van der Waals surface area contributed by atoms with Crippen LogP contribution in [0.25, 0.3) is 5.65 Å². The van der Waals surface area contributed by atoms with Crippen molar-refractivity contribution < 1.29 is 14.5 Å². The van der Waals surface area contributed by atoms with Crippen LogP contribution in [0.2, 0.25) is 5.02 Å². The van der Waals surface area contributed by atoms with E-state index >= 15 is 0 Å². The van der Waals surface area contributed by atoms with Crippen molar-refractivity contribution in [3.8, 4) is 0 Å². The molecule has 0 spiro atoms. The number of nitro benzene ring substituents is 1. The fourth-order valence-electron chi connectivity index (χ4n) is 2.27. The van der Waals surface area contributed by atoms with Crippen molar-refractivity contribution in [3.05, 3.63) is 74.7 Å². The Labute approximate surface area is 141 Å². The molecule has 0 aliphatic carbocycles. The molecule has 7 nitrogen and oxygen atoms in total. The van der Waals surface area contributed by atoms with Crippen LogP contribution in [0.5, 0.6) is 0 Å². The van der Waals surface area contributed by atoms with Crippen LogP contribution in [0, 0.1) is 17.0 Å². The number of non-ortho nitro benzene ring substituents is 1. The van der Waals surface area contributed by atoms with E-state index in [2.05, 4.69) is 4.98 Å². The number of hydrogen-bond donors (Lipinski definition) is 0. The normalized spacial score (nSPS) is 10.8. The van der Waals surface area contributed by atoms with Crippen molar-refractivity contribution in [1.82, 2.24) is 9.38 Å². The quantitative estimate of drug-likeness (QED) is 0.410. The molecule has 0 unspecified atom stereocenters. The Morgan fingerprint density at radius 1 is 1.42 bits per heavy atom. The number of ether oxygens (including phenoxy) is 1. The first-order chi connectivity index (χ1) is 11.5. The molecule has 0 aliphatic heterocycles. The number of carbonyl (C=O) groups is 1. The molecule has 0 amide bonds. The zero-order valence-corrected chi connectivity index (χ0v) is 13.4. The fraction of sp³-hybridized carbons (Fsp3) is 0.125. The summed E-state index contributed by atoms with van der Waals surface area (Å²) >= 11 is 5.91. The number of fused-ring (bicyclic) bond motifs is 1. The van der Waals surface area contributed by atoms with Crippen LogP contribution in [-0.2, 0) is 11.3 Å². The van der Waals surface area contributed by atoms with Gasteiger partial charge in [0.1, 0.15) is 12.3 Å². The van der Waals surface area contributed by atoms with E-state index in [9.17, 15) is 14.9 Å². The van der Waals surface area contributed by atoms with Crippen LogP contribution >= 0.6 is 11.6 Å². The van der Waals surface area contributed by atoms with Crippen molar-refractivity contribution in [3.63, 3.8) is 0 Å². The summed E-state index contributed by atoms with van der Waals surface area (Å²) in [5.41, 5.74) is 2.27. The third-order valence-electron chi connectivity index (χ3n) is 3.46. The Hall–Kier alpha value is -2.93. The summed E-state index contributed by atoms with van der Waals surface area (Å²) in [4.78, 5) is 26.6. The third kappa shape index (κ3) is 3.07. The maximum atomic E-state index is 12.1. The van der Waals surface area contributed by atoms with E-state index in [4.69, 9.17) is 16.3 Å². The van der Waals surface area contributed by atoms with E-state index in [1.54, 1.807) is 6.20 Å². The van der Waals surface area contributed by atoms with E-state index in [-0.39, 0.29) is 22.9 Å². The Bertz CT molecular complexity index is 952. The van der Waals surface area contributed by atoms with Gasteiger partial charge >= 0.3 is 5.97 Å². The summed E-state index contributed by atoms with van der Waals surface area (Å²) in [6.45, 7) is 1.92. The maximum absolute atomic E-state index is 12.1. The van der Waals surface area contributed by atoms with Crippen LogP contribution in [0.4, 0.5) is 5.69 Å².